The maximum atomic E-state index is 11.8. The molecule has 2 N–H and O–H groups in total. The van der Waals surface area contributed by atoms with Crippen LogP contribution in [0.5, 0.6) is 0 Å². The van der Waals surface area contributed by atoms with Crippen LogP contribution in [0.15, 0.2) is 67.0 Å². The summed E-state index contributed by atoms with van der Waals surface area (Å²) in [5.74, 6) is 1.60. The van der Waals surface area contributed by atoms with Crippen LogP contribution in [0.2, 0.25) is 0 Å². The number of hydrogen-bond acceptors (Lipinski definition) is 1. The quantitative estimate of drug-likeness (QED) is 0.400. The van der Waals surface area contributed by atoms with E-state index in [0.717, 1.165) is 23.5 Å². The first-order valence-corrected chi connectivity index (χ1v) is 12.0. The van der Waals surface area contributed by atoms with Gasteiger partial charge in [0.05, 0.1) is 11.3 Å². The van der Waals surface area contributed by atoms with Gasteiger partial charge in [-0.05, 0) is 67.1 Å². The Morgan fingerprint density at radius 2 is 1.79 bits per heavy atom. The number of H-pyrrole nitrogens is 1. The van der Waals surface area contributed by atoms with E-state index in [1.165, 1.54) is 91.4 Å². The number of alkyl halides is 3. The van der Waals surface area contributed by atoms with Crippen molar-refractivity contribution in [3.05, 3.63) is 78.1 Å². The number of aromatic nitrogens is 1. The first kappa shape index (κ1) is 22.1. The number of aromatic amines is 1. The van der Waals surface area contributed by atoms with Crippen molar-refractivity contribution >= 4 is 16.6 Å². The van der Waals surface area contributed by atoms with Crippen LogP contribution in [0.4, 0.5) is 18.9 Å². The summed E-state index contributed by atoms with van der Waals surface area (Å²) in [7, 11) is 0. The Labute approximate surface area is 193 Å². The molecule has 3 aliphatic carbocycles. The number of rotatable bonds is 5. The fourth-order valence-electron chi connectivity index (χ4n) is 5.15. The highest BCUT2D eigenvalue weighted by Gasteiger charge is 2.53. The average molecular weight is 453 g/mol. The van der Waals surface area contributed by atoms with Crippen molar-refractivity contribution < 1.29 is 13.2 Å². The second-order valence-electron chi connectivity index (χ2n) is 10.2. The SMILES string of the molecule is C=C(Nc1c[nH]c2ccc(CC3CCC3)cc12)C1CC2(CC2)C1.FC(F)(F)c1ccccc1. The summed E-state index contributed by atoms with van der Waals surface area (Å²) in [6.45, 7) is 4.32. The van der Waals surface area contributed by atoms with E-state index in [0.29, 0.717) is 5.92 Å². The minimum atomic E-state index is -4.21. The van der Waals surface area contributed by atoms with Crippen molar-refractivity contribution in [2.45, 2.75) is 57.5 Å². The fraction of sp³-hybridized carbons (Fsp3) is 0.429. The number of hydrogen-bond donors (Lipinski definition) is 2. The summed E-state index contributed by atoms with van der Waals surface area (Å²) >= 11 is 0. The standard InChI is InChI=1S/C21H26N2.C7H5F3/c1-14(17-11-21(12-17)7-8-21)23-20-13-22-19-6-5-16(10-18(19)20)9-15-3-2-4-15;8-7(9,10)6-4-2-1-3-5-6/h5-6,10,13,15,17,22-23H,1-4,7-9,11-12H2;1-5H. The Hall–Kier alpha value is -2.69. The largest absolute Gasteiger partial charge is 0.416 e. The van der Waals surface area contributed by atoms with Gasteiger partial charge < -0.3 is 10.3 Å². The molecule has 0 atom stereocenters. The molecule has 5 heteroatoms. The minimum Gasteiger partial charge on any atom is -0.359 e. The third-order valence-corrected chi connectivity index (χ3v) is 7.70. The zero-order valence-electron chi connectivity index (χ0n) is 18.8. The van der Waals surface area contributed by atoms with E-state index in [1.807, 2.05) is 0 Å². The average Bonchev–Trinajstić information content (AvgIpc) is 3.46. The molecule has 6 rings (SSSR count). The van der Waals surface area contributed by atoms with Gasteiger partial charge >= 0.3 is 6.18 Å². The molecule has 2 aromatic carbocycles. The zero-order chi connectivity index (χ0) is 23.1. The van der Waals surface area contributed by atoms with E-state index in [2.05, 4.69) is 41.3 Å². The number of allylic oxidation sites excluding steroid dienone is 1. The number of benzene rings is 2. The van der Waals surface area contributed by atoms with E-state index in [4.69, 9.17) is 0 Å². The molecule has 0 saturated heterocycles. The van der Waals surface area contributed by atoms with Gasteiger partial charge in [-0.3, -0.25) is 0 Å². The normalized spacial score (nSPS) is 19.4. The molecule has 0 unspecified atom stereocenters. The van der Waals surface area contributed by atoms with Crippen molar-refractivity contribution in [1.29, 1.82) is 0 Å². The lowest BCUT2D eigenvalue weighted by atomic mass is 9.70. The molecule has 3 aliphatic rings. The van der Waals surface area contributed by atoms with E-state index in [1.54, 1.807) is 6.07 Å². The van der Waals surface area contributed by atoms with Crippen LogP contribution in [0, 0.1) is 17.3 Å². The van der Waals surface area contributed by atoms with Gasteiger partial charge in [0, 0.05) is 22.8 Å². The summed E-state index contributed by atoms with van der Waals surface area (Å²) in [5, 5.41) is 4.94. The Balaban J connectivity index is 0.000000193. The fourth-order valence-corrected chi connectivity index (χ4v) is 5.15. The third kappa shape index (κ3) is 4.97. The summed E-state index contributed by atoms with van der Waals surface area (Å²) in [5.41, 5.74) is 5.27. The lowest BCUT2D eigenvalue weighted by molar-refractivity contribution is -0.137. The van der Waals surface area contributed by atoms with E-state index in [-0.39, 0.29) is 0 Å². The highest BCUT2D eigenvalue weighted by atomic mass is 19.4. The van der Waals surface area contributed by atoms with E-state index in [9.17, 15) is 13.2 Å². The monoisotopic (exact) mass is 452 g/mol. The second kappa shape index (κ2) is 8.58. The second-order valence-corrected chi connectivity index (χ2v) is 10.2. The molecule has 1 aromatic heterocycles. The number of anilines is 1. The molecule has 2 nitrogen and oxygen atoms in total. The molecule has 33 heavy (non-hydrogen) atoms. The van der Waals surface area contributed by atoms with Crippen molar-refractivity contribution in [2.75, 3.05) is 5.32 Å². The van der Waals surface area contributed by atoms with Gasteiger partial charge in [0.1, 0.15) is 0 Å². The summed E-state index contributed by atoms with van der Waals surface area (Å²) in [6.07, 6.45) is 9.01. The maximum absolute atomic E-state index is 11.8. The Morgan fingerprint density at radius 3 is 2.36 bits per heavy atom. The topological polar surface area (TPSA) is 27.8 Å². The molecule has 3 fully saturated rings. The van der Waals surface area contributed by atoms with E-state index < -0.39 is 11.7 Å². The maximum Gasteiger partial charge on any atom is 0.416 e. The number of halogens is 3. The predicted molar refractivity (Wildman–Crippen MR) is 128 cm³/mol. The summed E-state index contributed by atoms with van der Waals surface area (Å²) < 4.78 is 35.4. The summed E-state index contributed by atoms with van der Waals surface area (Å²) in [6, 6.07) is 13.3. The van der Waals surface area contributed by atoms with Crippen molar-refractivity contribution in [1.82, 2.24) is 4.98 Å². The molecule has 0 amide bonds. The molecule has 3 saturated carbocycles. The smallest absolute Gasteiger partial charge is 0.359 e. The van der Waals surface area contributed by atoms with Crippen molar-refractivity contribution in [3.63, 3.8) is 0 Å². The molecule has 0 radical (unpaired) electrons. The van der Waals surface area contributed by atoms with Gasteiger partial charge in [-0.15, -0.1) is 0 Å². The highest BCUT2D eigenvalue weighted by Crippen LogP contribution is 2.64. The van der Waals surface area contributed by atoms with E-state index >= 15 is 0 Å². The van der Waals surface area contributed by atoms with Crippen molar-refractivity contribution in [2.24, 2.45) is 17.3 Å². The molecular weight excluding hydrogens is 421 g/mol. The molecular formula is C28H31F3N2. The molecule has 3 aromatic rings. The highest BCUT2D eigenvalue weighted by molar-refractivity contribution is 5.93. The van der Waals surface area contributed by atoms with Crippen LogP contribution in [0.25, 0.3) is 10.9 Å². The molecule has 0 bridgehead atoms. The van der Waals surface area contributed by atoms with Crippen LogP contribution in [-0.2, 0) is 12.6 Å². The molecule has 0 aliphatic heterocycles. The van der Waals surface area contributed by atoms with Crippen LogP contribution < -0.4 is 5.32 Å². The first-order chi connectivity index (χ1) is 15.8. The number of fused-ring (bicyclic) bond motifs is 1. The lowest BCUT2D eigenvalue weighted by Crippen LogP contribution is -2.28. The van der Waals surface area contributed by atoms with Crippen LogP contribution in [0.1, 0.15) is 56.1 Å². The molecule has 1 heterocycles. The van der Waals surface area contributed by atoms with Gasteiger partial charge in [0.15, 0.2) is 0 Å². The third-order valence-electron chi connectivity index (χ3n) is 7.70. The van der Waals surface area contributed by atoms with Crippen LogP contribution in [0.3, 0.4) is 0 Å². The van der Waals surface area contributed by atoms with Gasteiger partial charge in [-0.25, -0.2) is 0 Å². The van der Waals surface area contributed by atoms with Crippen LogP contribution >= 0.6 is 0 Å². The predicted octanol–water partition coefficient (Wildman–Crippen LogP) is 8.33. The zero-order valence-corrected chi connectivity index (χ0v) is 18.8. The van der Waals surface area contributed by atoms with Crippen LogP contribution in [-0.4, -0.2) is 4.98 Å². The Kier molecular flexibility index (Phi) is 5.75. The van der Waals surface area contributed by atoms with Crippen molar-refractivity contribution in [3.8, 4) is 0 Å². The van der Waals surface area contributed by atoms with Gasteiger partial charge in [-0.2, -0.15) is 13.2 Å². The first-order valence-electron chi connectivity index (χ1n) is 12.0. The Morgan fingerprint density at radius 1 is 1.06 bits per heavy atom. The molecule has 174 valence electrons. The van der Waals surface area contributed by atoms with Gasteiger partial charge in [0.25, 0.3) is 0 Å². The molecule has 1 spiro atoms. The number of nitrogens with one attached hydrogen (secondary N) is 2. The van der Waals surface area contributed by atoms with Gasteiger partial charge in [0.2, 0.25) is 0 Å². The Bertz CT molecular complexity index is 1110. The lowest BCUT2D eigenvalue weighted by Gasteiger charge is -2.37. The van der Waals surface area contributed by atoms with Gasteiger partial charge in [-0.1, -0.05) is 62.2 Å². The summed E-state index contributed by atoms with van der Waals surface area (Å²) in [4.78, 5) is 3.40. The minimum absolute atomic E-state index is 0.602.